The summed E-state index contributed by atoms with van der Waals surface area (Å²) in [7, 11) is 1.31. The Bertz CT molecular complexity index is 823. The largest absolute Gasteiger partial charge is 0.469 e. The van der Waals surface area contributed by atoms with E-state index in [2.05, 4.69) is 20.7 Å². The van der Waals surface area contributed by atoms with Crippen molar-refractivity contribution in [1.29, 1.82) is 0 Å². The first-order valence-electron chi connectivity index (χ1n) is 10.2. The topological polar surface area (TPSA) is 117 Å². The van der Waals surface area contributed by atoms with Gasteiger partial charge in [0.2, 0.25) is 11.8 Å². The summed E-state index contributed by atoms with van der Waals surface area (Å²) < 4.78 is 4.59. The van der Waals surface area contributed by atoms with Crippen LogP contribution in [-0.2, 0) is 19.1 Å². The molecule has 1 aliphatic heterocycles. The number of thioether (sulfide) groups is 2. The summed E-state index contributed by atoms with van der Waals surface area (Å²) in [5.74, 6) is -0.591. The third kappa shape index (κ3) is 7.63. The van der Waals surface area contributed by atoms with E-state index in [1.54, 1.807) is 17.8 Å². The molecule has 0 spiro atoms. The lowest BCUT2D eigenvalue weighted by molar-refractivity contribution is -0.140. The summed E-state index contributed by atoms with van der Waals surface area (Å²) in [6, 6.07) is 5.68. The predicted molar refractivity (Wildman–Crippen MR) is 127 cm³/mol. The average Bonchev–Trinajstić information content (AvgIpc) is 3.20. The minimum Gasteiger partial charge on any atom is -0.469 e. The van der Waals surface area contributed by atoms with Crippen LogP contribution in [0.25, 0.3) is 0 Å². The van der Waals surface area contributed by atoms with Gasteiger partial charge in [-0.05, 0) is 43.6 Å². The third-order valence-corrected chi connectivity index (χ3v) is 6.24. The molecule has 0 aliphatic carbocycles. The number of rotatable bonds is 10. The van der Waals surface area contributed by atoms with Crippen LogP contribution in [0.2, 0.25) is 0 Å². The summed E-state index contributed by atoms with van der Waals surface area (Å²) in [6.07, 6.45) is 4.86. The van der Waals surface area contributed by atoms with Crippen LogP contribution in [0.5, 0.6) is 0 Å². The van der Waals surface area contributed by atoms with Crippen molar-refractivity contribution in [3.05, 3.63) is 24.3 Å². The quantitative estimate of drug-likeness (QED) is 0.265. The zero-order valence-corrected chi connectivity index (χ0v) is 20.1. The first-order chi connectivity index (χ1) is 15.4. The maximum Gasteiger partial charge on any atom is 0.319 e. The van der Waals surface area contributed by atoms with Gasteiger partial charge in [-0.2, -0.15) is 11.8 Å². The van der Waals surface area contributed by atoms with E-state index in [1.165, 1.54) is 23.8 Å². The van der Waals surface area contributed by atoms with Gasteiger partial charge in [0, 0.05) is 30.1 Å². The first-order valence-corrected chi connectivity index (χ1v) is 12.9. The number of nitrogens with one attached hydrogen (secondary N) is 3. The van der Waals surface area contributed by atoms with Crippen LogP contribution in [0.4, 0.5) is 10.5 Å². The number of ether oxygens (including phenoxy) is 1. The van der Waals surface area contributed by atoms with Crippen molar-refractivity contribution in [2.45, 2.75) is 36.2 Å². The predicted octanol–water partition coefficient (Wildman–Crippen LogP) is 1.93. The first kappa shape index (κ1) is 25.9. The average molecular weight is 483 g/mol. The number of hydrogen-bond donors (Lipinski definition) is 3. The number of esters is 1. The summed E-state index contributed by atoms with van der Waals surface area (Å²) >= 11 is 2.95. The van der Waals surface area contributed by atoms with E-state index >= 15 is 0 Å². The Kier molecular flexibility index (Phi) is 10.7. The smallest absolute Gasteiger partial charge is 0.319 e. The summed E-state index contributed by atoms with van der Waals surface area (Å²) in [5, 5.41) is 8.41. The molecule has 32 heavy (non-hydrogen) atoms. The summed E-state index contributed by atoms with van der Waals surface area (Å²) in [6.45, 7) is 0.655. The van der Waals surface area contributed by atoms with Gasteiger partial charge in [0.25, 0.3) is 0 Å². The number of urea groups is 1. The van der Waals surface area contributed by atoms with Gasteiger partial charge in [0.1, 0.15) is 6.04 Å². The van der Waals surface area contributed by atoms with Gasteiger partial charge in [-0.1, -0.05) is 6.07 Å². The minimum absolute atomic E-state index is 0.149. The van der Waals surface area contributed by atoms with Crippen molar-refractivity contribution in [1.82, 2.24) is 15.5 Å². The molecule has 0 bridgehead atoms. The molecular formula is C21H30N4O5S2. The normalized spacial score (nSPS) is 17.5. The van der Waals surface area contributed by atoms with Crippen LogP contribution < -0.4 is 16.0 Å². The van der Waals surface area contributed by atoms with Crippen molar-refractivity contribution in [3.8, 4) is 0 Å². The maximum atomic E-state index is 12.9. The Balaban J connectivity index is 2.02. The summed E-state index contributed by atoms with van der Waals surface area (Å²) in [4.78, 5) is 51.8. The molecule has 0 aromatic heterocycles. The van der Waals surface area contributed by atoms with Crippen molar-refractivity contribution in [2.24, 2.45) is 0 Å². The Morgan fingerprint density at radius 1 is 1.22 bits per heavy atom. The second kappa shape index (κ2) is 13.2. The number of methoxy groups -OCH3 is 1. The lowest BCUT2D eigenvalue weighted by Crippen LogP contribution is -2.55. The third-order valence-electron chi connectivity index (χ3n) is 4.98. The van der Waals surface area contributed by atoms with Crippen LogP contribution in [-0.4, -0.2) is 79.3 Å². The van der Waals surface area contributed by atoms with Crippen molar-refractivity contribution in [2.75, 3.05) is 43.8 Å². The Morgan fingerprint density at radius 3 is 2.69 bits per heavy atom. The van der Waals surface area contributed by atoms with E-state index in [0.29, 0.717) is 25.1 Å². The van der Waals surface area contributed by atoms with E-state index < -0.39 is 18.1 Å². The molecule has 3 N–H and O–H groups in total. The zero-order valence-electron chi connectivity index (χ0n) is 18.5. The molecule has 1 fully saturated rings. The molecule has 1 saturated heterocycles. The molecule has 2 atom stereocenters. The number of likely N-dealkylation sites (tertiary alicyclic amines) is 1. The van der Waals surface area contributed by atoms with Crippen molar-refractivity contribution < 1.29 is 23.9 Å². The lowest BCUT2D eigenvalue weighted by atomic mass is 10.1. The molecule has 9 nitrogen and oxygen atoms in total. The Morgan fingerprint density at radius 2 is 2.00 bits per heavy atom. The number of carbonyl (C=O) groups excluding carboxylic acids is 4. The number of nitrogens with zero attached hydrogens (tertiary/aromatic N) is 1. The highest BCUT2D eigenvalue weighted by Crippen LogP contribution is 2.21. The van der Waals surface area contributed by atoms with Gasteiger partial charge >= 0.3 is 12.0 Å². The SMILES string of the molecule is COC(=O)CCCNC(=O)C1C(NC(=O)Nc2cccc(SC)c2)CCN1C(=O)CSC. The highest BCUT2D eigenvalue weighted by molar-refractivity contribution is 7.99. The van der Waals surface area contributed by atoms with Crippen molar-refractivity contribution in [3.63, 3.8) is 0 Å². The molecule has 1 heterocycles. The number of hydrogen-bond acceptors (Lipinski definition) is 7. The highest BCUT2D eigenvalue weighted by Gasteiger charge is 2.42. The second-order valence-corrected chi connectivity index (χ2v) is 8.91. The molecule has 1 aliphatic rings. The molecule has 1 aromatic carbocycles. The number of anilines is 1. The van der Waals surface area contributed by atoms with Crippen LogP contribution in [0.3, 0.4) is 0 Å². The minimum atomic E-state index is -0.809. The molecule has 2 unspecified atom stereocenters. The van der Waals surface area contributed by atoms with Gasteiger partial charge in [-0.25, -0.2) is 4.79 Å². The van der Waals surface area contributed by atoms with Crippen LogP contribution in [0.15, 0.2) is 29.2 Å². The highest BCUT2D eigenvalue weighted by atomic mass is 32.2. The van der Waals surface area contributed by atoms with Crippen molar-refractivity contribution >= 4 is 53.0 Å². The molecule has 0 saturated carbocycles. The van der Waals surface area contributed by atoms with Crippen LogP contribution in [0.1, 0.15) is 19.3 Å². The molecule has 4 amide bonds. The maximum absolute atomic E-state index is 12.9. The standard InChI is InChI=1S/C21H30N4O5S2/c1-30-18(27)8-5-10-22-20(28)19-16(9-11-25(19)17(26)13-31-2)24-21(29)23-14-6-4-7-15(12-14)32-3/h4,6-7,12,16,19H,5,8-11,13H2,1-3H3,(H,22,28)(H2,23,24,29). The fourth-order valence-corrected chi connectivity index (χ4v) is 4.31. The molecule has 11 heteroatoms. The van der Waals surface area contributed by atoms with Gasteiger partial charge in [0.05, 0.1) is 18.9 Å². The monoisotopic (exact) mass is 482 g/mol. The number of carbonyl (C=O) groups is 4. The van der Waals surface area contributed by atoms with E-state index in [4.69, 9.17) is 0 Å². The van der Waals surface area contributed by atoms with Crippen LogP contribution >= 0.6 is 23.5 Å². The second-order valence-electron chi connectivity index (χ2n) is 7.16. The fourth-order valence-electron chi connectivity index (χ4n) is 3.44. The Hall–Kier alpha value is -2.40. The summed E-state index contributed by atoms with van der Waals surface area (Å²) in [5.41, 5.74) is 0.645. The molecule has 1 aromatic rings. The molecule has 0 radical (unpaired) electrons. The number of benzene rings is 1. The van der Waals surface area contributed by atoms with Crippen LogP contribution in [0, 0.1) is 0 Å². The van der Waals surface area contributed by atoms with Gasteiger partial charge in [-0.3, -0.25) is 14.4 Å². The zero-order chi connectivity index (χ0) is 23.5. The fraction of sp³-hybridized carbons (Fsp3) is 0.524. The van der Waals surface area contributed by atoms with Gasteiger partial charge in [0.15, 0.2) is 0 Å². The lowest BCUT2D eigenvalue weighted by Gasteiger charge is -2.27. The van der Waals surface area contributed by atoms with Gasteiger partial charge in [-0.15, -0.1) is 11.8 Å². The van der Waals surface area contributed by atoms with E-state index in [0.717, 1.165) is 4.90 Å². The molecule has 2 rings (SSSR count). The number of amides is 4. The molecule has 176 valence electrons. The van der Waals surface area contributed by atoms with E-state index in [1.807, 2.05) is 30.7 Å². The van der Waals surface area contributed by atoms with E-state index in [9.17, 15) is 19.2 Å². The molecular weight excluding hydrogens is 452 g/mol. The van der Waals surface area contributed by atoms with E-state index in [-0.39, 0.29) is 36.5 Å². The van der Waals surface area contributed by atoms with Gasteiger partial charge < -0.3 is 25.6 Å². The Labute approximate surface area is 196 Å².